The third kappa shape index (κ3) is 5.71. The maximum absolute atomic E-state index is 11.7. The van der Waals surface area contributed by atoms with Crippen LogP contribution in [-0.2, 0) is 4.79 Å². The van der Waals surface area contributed by atoms with Gasteiger partial charge in [-0.05, 0) is 38.2 Å². The molecular formula is C12H18BrClN2O2. The highest BCUT2D eigenvalue weighted by molar-refractivity contribution is 9.10. The fourth-order valence-corrected chi connectivity index (χ4v) is 1.78. The Kier molecular flexibility index (Phi) is 8.79. The molecule has 0 fully saturated rings. The van der Waals surface area contributed by atoms with E-state index in [1.54, 1.807) is 7.11 Å². The van der Waals surface area contributed by atoms with Crippen molar-refractivity contribution in [2.45, 2.75) is 12.8 Å². The molecule has 0 heterocycles. The molecule has 0 radical (unpaired) electrons. The maximum atomic E-state index is 11.7. The van der Waals surface area contributed by atoms with Crippen LogP contribution in [0.3, 0.4) is 0 Å². The van der Waals surface area contributed by atoms with Gasteiger partial charge in [-0.15, -0.1) is 12.4 Å². The van der Waals surface area contributed by atoms with E-state index in [1.165, 1.54) is 0 Å². The summed E-state index contributed by atoms with van der Waals surface area (Å²) in [6.07, 6.45) is 1.31. The molecule has 0 saturated heterocycles. The lowest BCUT2D eigenvalue weighted by atomic mass is 10.2. The summed E-state index contributed by atoms with van der Waals surface area (Å²) in [6.45, 7) is 0.836. The molecular weight excluding hydrogens is 320 g/mol. The number of hydrogen-bond donors (Lipinski definition) is 2. The predicted octanol–water partition coefficient (Wildman–Crippen LogP) is 2.82. The van der Waals surface area contributed by atoms with Gasteiger partial charge in [0, 0.05) is 10.9 Å². The number of benzene rings is 1. The molecule has 0 saturated carbocycles. The van der Waals surface area contributed by atoms with Gasteiger partial charge in [-0.25, -0.2) is 0 Å². The zero-order chi connectivity index (χ0) is 12.7. The average molecular weight is 338 g/mol. The van der Waals surface area contributed by atoms with Crippen molar-refractivity contribution < 1.29 is 9.53 Å². The van der Waals surface area contributed by atoms with Gasteiger partial charge >= 0.3 is 0 Å². The zero-order valence-electron chi connectivity index (χ0n) is 10.5. The van der Waals surface area contributed by atoms with Crippen molar-refractivity contribution in [3.63, 3.8) is 0 Å². The number of carbonyl (C=O) groups is 1. The molecule has 1 amide bonds. The van der Waals surface area contributed by atoms with E-state index in [-0.39, 0.29) is 18.3 Å². The van der Waals surface area contributed by atoms with Crippen LogP contribution in [0.25, 0.3) is 0 Å². The first-order valence-corrected chi connectivity index (χ1v) is 6.24. The van der Waals surface area contributed by atoms with E-state index >= 15 is 0 Å². The quantitative estimate of drug-likeness (QED) is 0.785. The van der Waals surface area contributed by atoms with Crippen LogP contribution < -0.4 is 15.4 Å². The summed E-state index contributed by atoms with van der Waals surface area (Å²) in [7, 11) is 3.45. The summed E-state index contributed by atoms with van der Waals surface area (Å²) in [5, 5.41) is 5.85. The first-order chi connectivity index (χ1) is 8.17. The van der Waals surface area contributed by atoms with E-state index in [2.05, 4.69) is 26.6 Å². The Morgan fingerprint density at radius 3 is 2.78 bits per heavy atom. The minimum Gasteiger partial charge on any atom is -0.495 e. The molecule has 6 heteroatoms. The fourth-order valence-electron chi connectivity index (χ4n) is 1.42. The second-order valence-corrected chi connectivity index (χ2v) is 4.52. The number of methoxy groups -OCH3 is 1. The molecule has 102 valence electrons. The predicted molar refractivity (Wildman–Crippen MR) is 79.7 cm³/mol. The van der Waals surface area contributed by atoms with Crippen LogP contribution in [0.2, 0.25) is 0 Å². The molecule has 0 atom stereocenters. The van der Waals surface area contributed by atoms with Gasteiger partial charge in [-0.3, -0.25) is 4.79 Å². The molecule has 1 aromatic carbocycles. The van der Waals surface area contributed by atoms with Crippen LogP contribution >= 0.6 is 28.3 Å². The van der Waals surface area contributed by atoms with Gasteiger partial charge in [0.1, 0.15) is 5.75 Å². The number of halogens is 2. The van der Waals surface area contributed by atoms with Crippen molar-refractivity contribution in [2.24, 2.45) is 0 Å². The maximum Gasteiger partial charge on any atom is 0.224 e. The number of ether oxygens (including phenoxy) is 1. The van der Waals surface area contributed by atoms with Crippen LogP contribution in [0.5, 0.6) is 5.75 Å². The second-order valence-electron chi connectivity index (χ2n) is 3.60. The van der Waals surface area contributed by atoms with Gasteiger partial charge in [0.25, 0.3) is 0 Å². The SMILES string of the molecule is CNCCCC(=O)Nc1cc(Br)ccc1OC.Cl. The normalized spacial score (nSPS) is 9.50. The first-order valence-electron chi connectivity index (χ1n) is 5.45. The lowest BCUT2D eigenvalue weighted by Gasteiger charge is -2.10. The topological polar surface area (TPSA) is 50.4 Å². The van der Waals surface area contributed by atoms with E-state index in [0.29, 0.717) is 17.9 Å². The molecule has 2 N–H and O–H groups in total. The lowest BCUT2D eigenvalue weighted by Crippen LogP contribution is -2.15. The van der Waals surface area contributed by atoms with Crippen LogP contribution in [-0.4, -0.2) is 26.6 Å². The zero-order valence-corrected chi connectivity index (χ0v) is 12.9. The lowest BCUT2D eigenvalue weighted by molar-refractivity contribution is -0.116. The van der Waals surface area contributed by atoms with Gasteiger partial charge < -0.3 is 15.4 Å². The Bertz CT molecular complexity index is 388. The standard InChI is InChI=1S/C12H17BrN2O2.ClH/c1-14-7-3-4-12(16)15-10-8-9(13)5-6-11(10)17-2;/h5-6,8,14H,3-4,7H2,1-2H3,(H,15,16);1H. The average Bonchev–Trinajstić information content (AvgIpc) is 2.29. The highest BCUT2D eigenvalue weighted by Crippen LogP contribution is 2.27. The van der Waals surface area contributed by atoms with Crippen molar-refractivity contribution in [2.75, 3.05) is 26.0 Å². The molecule has 0 bridgehead atoms. The molecule has 0 aliphatic rings. The van der Waals surface area contributed by atoms with Crippen LogP contribution in [0.1, 0.15) is 12.8 Å². The third-order valence-corrected chi connectivity index (χ3v) is 2.76. The molecule has 0 aromatic heterocycles. The van der Waals surface area contributed by atoms with E-state index in [1.807, 2.05) is 25.2 Å². The van der Waals surface area contributed by atoms with E-state index in [9.17, 15) is 4.79 Å². The molecule has 0 unspecified atom stereocenters. The molecule has 0 spiro atoms. The van der Waals surface area contributed by atoms with Gasteiger partial charge in [-0.1, -0.05) is 15.9 Å². The van der Waals surface area contributed by atoms with Crippen molar-refractivity contribution in [1.29, 1.82) is 0 Å². The summed E-state index contributed by atoms with van der Waals surface area (Å²) in [5.41, 5.74) is 0.691. The van der Waals surface area contributed by atoms with Crippen molar-refractivity contribution in [3.8, 4) is 5.75 Å². The number of carbonyl (C=O) groups excluding carboxylic acids is 1. The molecule has 1 aromatic rings. The molecule has 1 rings (SSSR count). The first kappa shape index (κ1) is 17.2. The third-order valence-electron chi connectivity index (χ3n) is 2.27. The molecule has 18 heavy (non-hydrogen) atoms. The summed E-state index contributed by atoms with van der Waals surface area (Å²) in [5.74, 6) is 0.659. The van der Waals surface area contributed by atoms with Crippen molar-refractivity contribution >= 4 is 39.9 Å². The van der Waals surface area contributed by atoms with Crippen molar-refractivity contribution in [1.82, 2.24) is 5.32 Å². The number of anilines is 1. The number of rotatable bonds is 6. The minimum absolute atomic E-state index is 0. The van der Waals surface area contributed by atoms with Gasteiger partial charge in [0.2, 0.25) is 5.91 Å². The van der Waals surface area contributed by atoms with E-state index in [4.69, 9.17) is 4.74 Å². The number of amides is 1. The second kappa shape index (κ2) is 9.19. The van der Waals surface area contributed by atoms with Crippen LogP contribution in [0, 0.1) is 0 Å². The Morgan fingerprint density at radius 2 is 2.17 bits per heavy atom. The van der Waals surface area contributed by atoms with E-state index in [0.717, 1.165) is 17.4 Å². The Balaban J connectivity index is 0.00000289. The molecule has 0 aliphatic carbocycles. The highest BCUT2D eigenvalue weighted by Gasteiger charge is 2.07. The van der Waals surface area contributed by atoms with Crippen LogP contribution in [0.4, 0.5) is 5.69 Å². The Morgan fingerprint density at radius 1 is 1.44 bits per heavy atom. The Hall–Kier alpha value is -0.780. The Labute approximate surface area is 122 Å². The van der Waals surface area contributed by atoms with E-state index < -0.39 is 0 Å². The van der Waals surface area contributed by atoms with Crippen LogP contribution in [0.15, 0.2) is 22.7 Å². The summed E-state index contributed by atoms with van der Waals surface area (Å²) in [6, 6.07) is 5.51. The number of nitrogens with one attached hydrogen (secondary N) is 2. The monoisotopic (exact) mass is 336 g/mol. The van der Waals surface area contributed by atoms with Gasteiger partial charge in [-0.2, -0.15) is 0 Å². The van der Waals surface area contributed by atoms with Gasteiger partial charge in [0.15, 0.2) is 0 Å². The number of hydrogen-bond acceptors (Lipinski definition) is 3. The smallest absolute Gasteiger partial charge is 0.224 e. The fraction of sp³-hybridized carbons (Fsp3) is 0.417. The highest BCUT2D eigenvalue weighted by atomic mass is 79.9. The van der Waals surface area contributed by atoms with Gasteiger partial charge in [0.05, 0.1) is 12.8 Å². The summed E-state index contributed by atoms with van der Waals surface area (Å²) >= 11 is 3.36. The molecule has 0 aliphatic heterocycles. The minimum atomic E-state index is -0.00310. The summed E-state index contributed by atoms with van der Waals surface area (Å²) < 4.78 is 6.09. The summed E-state index contributed by atoms with van der Waals surface area (Å²) in [4.78, 5) is 11.7. The largest absolute Gasteiger partial charge is 0.495 e. The molecule has 4 nitrogen and oxygen atoms in total. The van der Waals surface area contributed by atoms with Crippen molar-refractivity contribution in [3.05, 3.63) is 22.7 Å².